The lowest BCUT2D eigenvalue weighted by atomic mass is 10.0. The van der Waals surface area contributed by atoms with Gasteiger partial charge >= 0.3 is 11.8 Å². The van der Waals surface area contributed by atoms with Crippen LogP contribution in [0.5, 0.6) is 0 Å². The van der Waals surface area contributed by atoms with Crippen molar-refractivity contribution < 1.29 is 9.59 Å². The van der Waals surface area contributed by atoms with E-state index in [4.69, 9.17) is 0 Å². The van der Waals surface area contributed by atoms with Crippen molar-refractivity contribution >= 4 is 17.5 Å². The van der Waals surface area contributed by atoms with Crippen LogP contribution in [-0.2, 0) is 16.0 Å². The summed E-state index contributed by atoms with van der Waals surface area (Å²) in [6.07, 6.45) is 0.971. The minimum absolute atomic E-state index is 0.229. The summed E-state index contributed by atoms with van der Waals surface area (Å²) in [5.41, 5.74) is 4.90. The fourth-order valence-corrected chi connectivity index (χ4v) is 2.45. The Balaban J connectivity index is 2.00. The van der Waals surface area contributed by atoms with Gasteiger partial charge in [0.2, 0.25) is 0 Å². The number of carbonyl (C=O) groups excluding carboxylic acids is 2. The van der Waals surface area contributed by atoms with Gasteiger partial charge in [-0.1, -0.05) is 43.3 Å². The van der Waals surface area contributed by atoms with Crippen LogP contribution in [0.3, 0.4) is 0 Å². The lowest BCUT2D eigenvalue weighted by molar-refractivity contribution is -0.136. The van der Waals surface area contributed by atoms with E-state index in [9.17, 15) is 9.59 Å². The third kappa shape index (κ3) is 4.22. The molecule has 1 atom stereocenters. The standard InChI is InChI=1S/C20H24N2O2/c1-5-16-9-11-17(12-10-16)15(4)21-19(23)20(24)22-18-8-6-7-13(2)14(18)3/h6-12,15H,5H2,1-4H3,(H,21,23)(H,22,24). The summed E-state index contributed by atoms with van der Waals surface area (Å²) in [7, 11) is 0. The average Bonchev–Trinajstić information content (AvgIpc) is 2.58. The summed E-state index contributed by atoms with van der Waals surface area (Å²) >= 11 is 0. The summed E-state index contributed by atoms with van der Waals surface area (Å²) in [6.45, 7) is 7.84. The minimum atomic E-state index is -0.652. The highest BCUT2D eigenvalue weighted by Gasteiger charge is 2.18. The topological polar surface area (TPSA) is 58.2 Å². The summed E-state index contributed by atoms with van der Waals surface area (Å²) in [5, 5.41) is 5.41. The molecule has 1 unspecified atom stereocenters. The molecule has 0 bridgehead atoms. The second-order valence-corrected chi connectivity index (χ2v) is 5.99. The van der Waals surface area contributed by atoms with Gasteiger partial charge in [-0.2, -0.15) is 0 Å². The summed E-state index contributed by atoms with van der Waals surface area (Å²) < 4.78 is 0. The van der Waals surface area contributed by atoms with Crippen LogP contribution in [-0.4, -0.2) is 11.8 Å². The van der Waals surface area contributed by atoms with Crippen molar-refractivity contribution in [3.05, 3.63) is 64.7 Å². The second-order valence-electron chi connectivity index (χ2n) is 5.99. The van der Waals surface area contributed by atoms with Crippen LogP contribution in [0.25, 0.3) is 0 Å². The van der Waals surface area contributed by atoms with Crippen LogP contribution in [0.4, 0.5) is 5.69 Å². The zero-order valence-electron chi connectivity index (χ0n) is 14.6. The maximum atomic E-state index is 12.1. The molecule has 0 heterocycles. The molecule has 0 saturated carbocycles. The van der Waals surface area contributed by atoms with Crippen LogP contribution in [0.15, 0.2) is 42.5 Å². The lowest BCUT2D eigenvalue weighted by Crippen LogP contribution is -2.37. The number of hydrogen-bond donors (Lipinski definition) is 2. The molecule has 0 fully saturated rings. The maximum Gasteiger partial charge on any atom is 0.313 e. The molecular weight excluding hydrogens is 300 g/mol. The zero-order valence-corrected chi connectivity index (χ0v) is 14.6. The van der Waals surface area contributed by atoms with Gasteiger partial charge in [-0.3, -0.25) is 9.59 Å². The van der Waals surface area contributed by atoms with Crippen molar-refractivity contribution in [2.75, 3.05) is 5.32 Å². The van der Waals surface area contributed by atoms with Crippen molar-refractivity contribution in [1.29, 1.82) is 0 Å². The maximum absolute atomic E-state index is 12.1. The largest absolute Gasteiger partial charge is 0.341 e. The quantitative estimate of drug-likeness (QED) is 0.843. The van der Waals surface area contributed by atoms with E-state index in [0.717, 1.165) is 23.1 Å². The fourth-order valence-electron chi connectivity index (χ4n) is 2.45. The molecule has 2 amide bonds. The Morgan fingerprint density at radius 1 is 1.00 bits per heavy atom. The molecule has 0 aliphatic carbocycles. The molecule has 2 aromatic rings. The van der Waals surface area contributed by atoms with Gasteiger partial charge in [-0.15, -0.1) is 0 Å². The molecule has 0 aromatic heterocycles. The molecule has 0 radical (unpaired) electrons. The van der Waals surface area contributed by atoms with Crippen LogP contribution in [0.1, 0.15) is 42.1 Å². The van der Waals surface area contributed by atoms with Crippen molar-refractivity contribution in [2.45, 2.75) is 40.2 Å². The first-order valence-electron chi connectivity index (χ1n) is 8.19. The molecule has 0 saturated heterocycles. The van der Waals surface area contributed by atoms with E-state index in [0.29, 0.717) is 5.69 Å². The molecular formula is C20H24N2O2. The van der Waals surface area contributed by atoms with Crippen LogP contribution >= 0.6 is 0 Å². The third-order valence-corrected chi connectivity index (χ3v) is 4.29. The number of amides is 2. The van der Waals surface area contributed by atoms with E-state index < -0.39 is 11.8 Å². The molecule has 24 heavy (non-hydrogen) atoms. The van der Waals surface area contributed by atoms with Gasteiger partial charge in [0.1, 0.15) is 0 Å². The van der Waals surface area contributed by atoms with E-state index in [-0.39, 0.29) is 6.04 Å². The number of nitrogens with one attached hydrogen (secondary N) is 2. The Morgan fingerprint density at radius 3 is 2.29 bits per heavy atom. The van der Waals surface area contributed by atoms with Crippen molar-refractivity contribution in [3.8, 4) is 0 Å². The van der Waals surface area contributed by atoms with E-state index >= 15 is 0 Å². The van der Waals surface area contributed by atoms with E-state index in [1.807, 2.05) is 57.2 Å². The van der Waals surface area contributed by atoms with Gasteiger partial charge in [-0.05, 0) is 55.5 Å². The Hall–Kier alpha value is -2.62. The van der Waals surface area contributed by atoms with Gasteiger partial charge in [0.05, 0.1) is 6.04 Å². The molecule has 0 spiro atoms. The van der Waals surface area contributed by atoms with E-state index in [2.05, 4.69) is 17.6 Å². The molecule has 2 rings (SSSR count). The molecule has 0 aliphatic heterocycles. The molecule has 2 aromatic carbocycles. The van der Waals surface area contributed by atoms with Gasteiger partial charge < -0.3 is 10.6 Å². The van der Waals surface area contributed by atoms with Crippen LogP contribution in [0, 0.1) is 13.8 Å². The Kier molecular flexibility index (Phi) is 5.74. The summed E-state index contributed by atoms with van der Waals surface area (Å²) in [6, 6.07) is 13.4. The van der Waals surface area contributed by atoms with Gasteiger partial charge in [0.25, 0.3) is 0 Å². The average molecular weight is 324 g/mol. The first-order chi connectivity index (χ1) is 11.4. The highest BCUT2D eigenvalue weighted by molar-refractivity contribution is 6.39. The van der Waals surface area contributed by atoms with Crippen LogP contribution in [0.2, 0.25) is 0 Å². The SMILES string of the molecule is CCc1ccc(C(C)NC(=O)C(=O)Nc2cccc(C)c2C)cc1. The third-order valence-electron chi connectivity index (χ3n) is 4.29. The number of aryl methyl sites for hydroxylation is 2. The van der Waals surface area contributed by atoms with Gasteiger partial charge in [0.15, 0.2) is 0 Å². The van der Waals surface area contributed by atoms with Crippen molar-refractivity contribution in [2.24, 2.45) is 0 Å². The highest BCUT2D eigenvalue weighted by atomic mass is 16.2. The normalized spacial score (nSPS) is 11.7. The monoisotopic (exact) mass is 324 g/mol. The fraction of sp³-hybridized carbons (Fsp3) is 0.300. The van der Waals surface area contributed by atoms with E-state index in [1.165, 1.54) is 5.56 Å². The number of carbonyl (C=O) groups is 2. The van der Waals surface area contributed by atoms with Crippen molar-refractivity contribution in [1.82, 2.24) is 5.32 Å². The first-order valence-corrected chi connectivity index (χ1v) is 8.19. The van der Waals surface area contributed by atoms with Gasteiger partial charge in [-0.25, -0.2) is 0 Å². The Bertz CT molecular complexity index is 736. The summed E-state index contributed by atoms with van der Waals surface area (Å²) in [5.74, 6) is -1.29. The van der Waals surface area contributed by atoms with Crippen LogP contribution < -0.4 is 10.6 Å². The Morgan fingerprint density at radius 2 is 1.67 bits per heavy atom. The molecule has 4 nitrogen and oxygen atoms in total. The molecule has 126 valence electrons. The number of rotatable bonds is 4. The highest BCUT2D eigenvalue weighted by Crippen LogP contribution is 2.18. The number of benzene rings is 2. The first kappa shape index (κ1) is 17.7. The lowest BCUT2D eigenvalue weighted by Gasteiger charge is -2.15. The summed E-state index contributed by atoms with van der Waals surface area (Å²) in [4.78, 5) is 24.2. The Labute approximate surface area is 143 Å². The zero-order chi connectivity index (χ0) is 17.7. The smallest absolute Gasteiger partial charge is 0.313 e. The molecule has 4 heteroatoms. The predicted molar refractivity (Wildman–Crippen MR) is 96.9 cm³/mol. The molecule has 0 aliphatic rings. The predicted octanol–water partition coefficient (Wildman–Crippen LogP) is 3.68. The van der Waals surface area contributed by atoms with Gasteiger partial charge in [0, 0.05) is 5.69 Å². The number of hydrogen-bond acceptors (Lipinski definition) is 2. The minimum Gasteiger partial charge on any atom is -0.341 e. The van der Waals surface area contributed by atoms with Crippen molar-refractivity contribution in [3.63, 3.8) is 0 Å². The number of anilines is 1. The van der Waals surface area contributed by atoms with E-state index in [1.54, 1.807) is 6.07 Å². The molecule has 2 N–H and O–H groups in total. The second kappa shape index (κ2) is 7.77.